The molecule has 2 nitrogen and oxygen atoms in total. The van der Waals surface area contributed by atoms with E-state index in [1.54, 1.807) is 30.8 Å². The van der Waals surface area contributed by atoms with Crippen molar-refractivity contribution in [2.75, 3.05) is 12.3 Å². The van der Waals surface area contributed by atoms with Crippen molar-refractivity contribution in [3.63, 3.8) is 0 Å². The van der Waals surface area contributed by atoms with E-state index in [0.29, 0.717) is 6.54 Å². The number of nitrogens with two attached hydrogens (primary N) is 1. The molecular weight excluding hydrogens is 237 g/mol. The van der Waals surface area contributed by atoms with Crippen LogP contribution in [0.5, 0.6) is 0 Å². The van der Waals surface area contributed by atoms with Crippen molar-refractivity contribution in [2.24, 2.45) is 5.73 Å². The lowest BCUT2D eigenvalue weighted by Gasteiger charge is -2.20. The molecule has 0 spiro atoms. The molecule has 0 bridgehead atoms. The fourth-order valence-corrected chi connectivity index (χ4v) is 2.34. The molecule has 4 heteroatoms. The van der Waals surface area contributed by atoms with Gasteiger partial charge in [-0.05, 0) is 56.2 Å². The number of halogens is 1. The van der Waals surface area contributed by atoms with E-state index in [1.165, 1.54) is 12.1 Å². The zero-order valence-electron chi connectivity index (χ0n) is 10.2. The van der Waals surface area contributed by atoms with E-state index >= 15 is 0 Å². The van der Waals surface area contributed by atoms with Gasteiger partial charge in [-0.3, -0.25) is 0 Å². The lowest BCUT2D eigenvalue weighted by atomic mass is 10.00. The molecule has 0 aliphatic rings. The maximum atomic E-state index is 12.7. The second kappa shape index (κ2) is 6.99. The number of thioether (sulfide) groups is 1. The van der Waals surface area contributed by atoms with Crippen LogP contribution < -0.4 is 5.73 Å². The third-order valence-corrected chi connectivity index (χ3v) is 3.73. The van der Waals surface area contributed by atoms with Gasteiger partial charge >= 0.3 is 0 Å². The Morgan fingerprint density at radius 2 is 1.94 bits per heavy atom. The van der Waals surface area contributed by atoms with E-state index in [-0.39, 0.29) is 5.82 Å². The Balaban J connectivity index is 2.14. The van der Waals surface area contributed by atoms with Crippen LogP contribution in [0, 0.1) is 5.82 Å². The number of benzene rings is 1. The van der Waals surface area contributed by atoms with Crippen LogP contribution in [0.4, 0.5) is 4.39 Å². The summed E-state index contributed by atoms with van der Waals surface area (Å²) >= 11 is 1.71. The van der Waals surface area contributed by atoms with Crippen LogP contribution in [-0.4, -0.2) is 23.0 Å². The van der Waals surface area contributed by atoms with Gasteiger partial charge < -0.3 is 10.8 Å². The van der Waals surface area contributed by atoms with Crippen LogP contribution in [0.1, 0.15) is 26.2 Å². The van der Waals surface area contributed by atoms with Gasteiger partial charge in [-0.25, -0.2) is 4.39 Å². The van der Waals surface area contributed by atoms with E-state index in [9.17, 15) is 9.50 Å². The number of unbranched alkanes of at least 4 members (excludes halogenated alkanes) is 1. The van der Waals surface area contributed by atoms with Gasteiger partial charge in [0.1, 0.15) is 5.82 Å². The lowest BCUT2D eigenvalue weighted by Crippen LogP contribution is -2.33. The minimum Gasteiger partial charge on any atom is -0.389 e. The third-order valence-electron chi connectivity index (χ3n) is 2.63. The predicted octanol–water partition coefficient (Wildman–Crippen LogP) is 2.80. The molecule has 0 saturated heterocycles. The molecule has 0 aromatic heterocycles. The summed E-state index contributed by atoms with van der Waals surface area (Å²) in [6, 6.07) is 6.52. The Bertz CT molecular complexity index is 327. The van der Waals surface area contributed by atoms with Gasteiger partial charge in [0.05, 0.1) is 5.60 Å². The number of hydrogen-bond donors (Lipinski definition) is 2. The van der Waals surface area contributed by atoms with Crippen molar-refractivity contribution in [1.29, 1.82) is 0 Å². The highest BCUT2D eigenvalue weighted by molar-refractivity contribution is 7.99. The maximum absolute atomic E-state index is 12.7. The van der Waals surface area contributed by atoms with Gasteiger partial charge in [0.15, 0.2) is 0 Å². The summed E-state index contributed by atoms with van der Waals surface area (Å²) in [6.07, 6.45) is 2.71. The molecule has 0 radical (unpaired) electrons. The van der Waals surface area contributed by atoms with E-state index in [2.05, 4.69) is 0 Å². The molecule has 0 saturated carbocycles. The first-order valence-corrected chi connectivity index (χ1v) is 6.83. The number of hydrogen-bond acceptors (Lipinski definition) is 3. The highest BCUT2D eigenvalue weighted by Crippen LogP contribution is 2.21. The monoisotopic (exact) mass is 257 g/mol. The quantitative estimate of drug-likeness (QED) is 0.583. The summed E-state index contributed by atoms with van der Waals surface area (Å²) in [5, 5.41) is 9.70. The molecule has 1 unspecified atom stereocenters. The summed E-state index contributed by atoms with van der Waals surface area (Å²) in [5.74, 6) is 0.778. The molecule has 0 heterocycles. The van der Waals surface area contributed by atoms with Crippen molar-refractivity contribution in [1.82, 2.24) is 0 Å². The average Bonchev–Trinajstić information content (AvgIpc) is 2.31. The van der Waals surface area contributed by atoms with Gasteiger partial charge in [-0.1, -0.05) is 0 Å². The van der Waals surface area contributed by atoms with Crippen molar-refractivity contribution in [2.45, 2.75) is 36.7 Å². The van der Waals surface area contributed by atoms with Gasteiger partial charge in [0, 0.05) is 11.4 Å². The topological polar surface area (TPSA) is 46.2 Å². The molecule has 1 rings (SSSR count). The Hall–Kier alpha value is -0.580. The van der Waals surface area contributed by atoms with E-state index < -0.39 is 5.60 Å². The molecule has 3 N–H and O–H groups in total. The maximum Gasteiger partial charge on any atom is 0.123 e. The second-order valence-electron chi connectivity index (χ2n) is 4.46. The van der Waals surface area contributed by atoms with Crippen LogP contribution in [0.3, 0.4) is 0 Å². The summed E-state index contributed by atoms with van der Waals surface area (Å²) in [5.41, 5.74) is 4.70. The van der Waals surface area contributed by atoms with Gasteiger partial charge in [-0.15, -0.1) is 11.8 Å². The van der Waals surface area contributed by atoms with Gasteiger partial charge in [0.2, 0.25) is 0 Å². The average molecular weight is 257 g/mol. The molecule has 0 aliphatic carbocycles. The zero-order valence-corrected chi connectivity index (χ0v) is 11.0. The van der Waals surface area contributed by atoms with E-state index in [1.807, 2.05) is 0 Å². The highest BCUT2D eigenvalue weighted by atomic mass is 32.2. The Kier molecular flexibility index (Phi) is 5.95. The van der Waals surface area contributed by atoms with Crippen molar-refractivity contribution >= 4 is 11.8 Å². The molecule has 0 amide bonds. The van der Waals surface area contributed by atoms with Crippen molar-refractivity contribution in [3.8, 4) is 0 Å². The van der Waals surface area contributed by atoms with Crippen LogP contribution >= 0.6 is 11.8 Å². The zero-order chi connectivity index (χ0) is 12.7. The van der Waals surface area contributed by atoms with Crippen molar-refractivity contribution in [3.05, 3.63) is 30.1 Å². The standard InChI is InChI=1S/C13H20FNOS/c1-13(16,10-15)8-2-3-9-17-12-6-4-11(14)5-7-12/h4-7,16H,2-3,8-10,15H2,1H3. The lowest BCUT2D eigenvalue weighted by molar-refractivity contribution is 0.0577. The van der Waals surface area contributed by atoms with E-state index in [0.717, 1.165) is 29.9 Å². The number of aliphatic hydroxyl groups is 1. The SMILES string of the molecule is CC(O)(CN)CCCCSc1ccc(F)cc1. The molecule has 96 valence electrons. The van der Waals surface area contributed by atoms with Crippen molar-refractivity contribution < 1.29 is 9.50 Å². The summed E-state index contributed by atoms with van der Waals surface area (Å²) in [6.45, 7) is 2.07. The summed E-state index contributed by atoms with van der Waals surface area (Å²) in [4.78, 5) is 1.08. The molecule has 0 aliphatic heterocycles. The van der Waals surface area contributed by atoms with E-state index in [4.69, 9.17) is 5.73 Å². The molecule has 1 aromatic carbocycles. The summed E-state index contributed by atoms with van der Waals surface area (Å²) in [7, 11) is 0. The Morgan fingerprint density at radius 3 is 2.53 bits per heavy atom. The second-order valence-corrected chi connectivity index (χ2v) is 5.63. The fourth-order valence-electron chi connectivity index (χ4n) is 1.43. The third kappa shape index (κ3) is 6.05. The minimum absolute atomic E-state index is 0.201. The normalized spacial score (nSPS) is 14.6. The first-order chi connectivity index (χ1) is 8.03. The highest BCUT2D eigenvalue weighted by Gasteiger charge is 2.16. The molecule has 1 aromatic rings. The predicted molar refractivity (Wildman–Crippen MR) is 70.7 cm³/mol. The smallest absolute Gasteiger partial charge is 0.123 e. The molecule has 1 atom stereocenters. The van der Waals surface area contributed by atoms with Crippen LogP contribution in [0.25, 0.3) is 0 Å². The number of rotatable bonds is 7. The largest absolute Gasteiger partial charge is 0.389 e. The first kappa shape index (κ1) is 14.5. The fraction of sp³-hybridized carbons (Fsp3) is 0.538. The molecule has 17 heavy (non-hydrogen) atoms. The molecule has 0 fully saturated rings. The molecular formula is C13H20FNOS. The summed E-state index contributed by atoms with van der Waals surface area (Å²) < 4.78 is 12.7. The van der Waals surface area contributed by atoms with Gasteiger partial charge in [-0.2, -0.15) is 0 Å². The van der Waals surface area contributed by atoms with Crippen LogP contribution in [0.15, 0.2) is 29.2 Å². The van der Waals surface area contributed by atoms with Crippen LogP contribution in [-0.2, 0) is 0 Å². The van der Waals surface area contributed by atoms with Crippen LogP contribution in [0.2, 0.25) is 0 Å². The Morgan fingerprint density at radius 1 is 1.29 bits per heavy atom. The minimum atomic E-state index is -0.736. The Labute approximate surface area is 106 Å². The first-order valence-electron chi connectivity index (χ1n) is 5.84. The van der Waals surface area contributed by atoms with Gasteiger partial charge in [0.25, 0.3) is 0 Å².